The molecule has 5 rings (SSSR count). The number of fused-ring (bicyclic) bond motifs is 1. The third-order valence-corrected chi connectivity index (χ3v) is 7.15. The van der Waals surface area contributed by atoms with Gasteiger partial charge in [0, 0.05) is 10.4 Å². The topological polar surface area (TPSA) is 89.6 Å². The van der Waals surface area contributed by atoms with Crippen LogP contribution >= 0.6 is 23.1 Å². The Morgan fingerprint density at radius 2 is 1.97 bits per heavy atom. The molecule has 0 spiro atoms. The number of hydrogen-bond acceptors (Lipinski definition) is 7. The van der Waals surface area contributed by atoms with Gasteiger partial charge in [0.2, 0.25) is 0 Å². The Labute approximate surface area is 186 Å². The predicted molar refractivity (Wildman–Crippen MR) is 123 cm³/mol. The number of aromatic amines is 1. The molecule has 0 aliphatic rings. The lowest BCUT2D eigenvalue weighted by Crippen LogP contribution is -2.11. The molecular weight excluding hydrogens is 430 g/mol. The van der Waals surface area contributed by atoms with Crippen molar-refractivity contribution in [2.45, 2.75) is 31.3 Å². The van der Waals surface area contributed by atoms with E-state index in [0.717, 1.165) is 37.6 Å². The summed E-state index contributed by atoms with van der Waals surface area (Å²) in [5.74, 6) is 2.68. The first-order chi connectivity index (χ1) is 15.1. The van der Waals surface area contributed by atoms with Crippen LogP contribution in [0.2, 0.25) is 0 Å². The highest BCUT2D eigenvalue weighted by Gasteiger charge is 2.17. The Balaban J connectivity index is 1.47. The van der Waals surface area contributed by atoms with Crippen molar-refractivity contribution in [2.75, 3.05) is 0 Å². The van der Waals surface area contributed by atoms with Gasteiger partial charge in [-0.05, 0) is 31.5 Å². The lowest BCUT2D eigenvalue weighted by Gasteiger charge is -2.09. The Morgan fingerprint density at radius 3 is 2.74 bits per heavy atom. The molecule has 0 saturated heterocycles. The molecule has 1 N–H and O–H groups in total. The van der Waals surface area contributed by atoms with E-state index in [1.54, 1.807) is 17.6 Å². The van der Waals surface area contributed by atoms with Gasteiger partial charge in [0.25, 0.3) is 5.56 Å². The molecular formula is C22H19N5O2S2. The van der Waals surface area contributed by atoms with Gasteiger partial charge >= 0.3 is 0 Å². The van der Waals surface area contributed by atoms with Crippen molar-refractivity contribution in [1.82, 2.24) is 24.7 Å². The smallest absolute Gasteiger partial charge is 0.259 e. The normalized spacial score (nSPS) is 11.4. The number of H-pyrrole nitrogens is 1. The van der Waals surface area contributed by atoms with Crippen molar-refractivity contribution in [1.29, 1.82) is 0 Å². The second kappa shape index (κ2) is 8.16. The molecule has 0 fully saturated rings. The van der Waals surface area contributed by atoms with E-state index in [-0.39, 0.29) is 5.56 Å². The first kappa shape index (κ1) is 19.8. The van der Waals surface area contributed by atoms with Crippen LogP contribution in [0.25, 0.3) is 21.6 Å². The standard InChI is InChI=1S/C22H19N5O2S2/c1-13-14(2)31-21-18(13)20(28)23-17(24-21)12-30-22-26-25-19(15-7-4-3-5-8-15)27(22)11-16-9-6-10-29-16/h3-10H,11-12H2,1-2H3,(H,23,24,28). The van der Waals surface area contributed by atoms with Crippen molar-refractivity contribution in [3.05, 3.63) is 81.1 Å². The highest BCUT2D eigenvalue weighted by atomic mass is 32.2. The lowest BCUT2D eigenvalue weighted by atomic mass is 10.2. The number of hydrogen-bond donors (Lipinski definition) is 1. The largest absolute Gasteiger partial charge is 0.467 e. The molecule has 31 heavy (non-hydrogen) atoms. The Morgan fingerprint density at radius 1 is 1.13 bits per heavy atom. The van der Waals surface area contributed by atoms with Crippen LogP contribution in [0.5, 0.6) is 0 Å². The molecule has 0 unspecified atom stereocenters. The highest BCUT2D eigenvalue weighted by molar-refractivity contribution is 7.98. The molecule has 0 aliphatic heterocycles. The molecule has 0 saturated carbocycles. The van der Waals surface area contributed by atoms with E-state index >= 15 is 0 Å². The average Bonchev–Trinajstić information content (AvgIpc) is 3.48. The second-order valence-electron chi connectivity index (χ2n) is 7.10. The van der Waals surface area contributed by atoms with Crippen molar-refractivity contribution in [3.8, 4) is 11.4 Å². The number of benzene rings is 1. The zero-order valence-corrected chi connectivity index (χ0v) is 18.6. The van der Waals surface area contributed by atoms with E-state index < -0.39 is 0 Å². The third kappa shape index (κ3) is 3.82. The van der Waals surface area contributed by atoms with E-state index in [2.05, 4.69) is 20.2 Å². The van der Waals surface area contributed by atoms with Gasteiger partial charge in [0.15, 0.2) is 11.0 Å². The van der Waals surface area contributed by atoms with Crippen LogP contribution in [0.15, 0.2) is 63.1 Å². The minimum atomic E-state index is -0.0931. The van der Waals surface area contributed by atoms with Crippen LogP contribution in [0.4, 0.5) is 0 Å². The summed E-state index contributed by atoms with van der Waals surface area (Å²) in [6.07, 6.45) is 1.66. The highest BCUT2D eigenvalue weighted by Crippen LogP contribution is 2.29. The van der Waals surface area contributed by atoms with Gasteiger partial charge in [0.05, 0.1) is 23.9 Å². The van der Waals surface area contributed by atoms with Gasteiger partial charge in [-0.25, -0.2) is 4.98 Å². The van der Waals surface area contributed by atoms with E-state index in [9.17, 15) is 4.79 Å². The van der Waals surface area contributed by atoms with Crippen LogP contribution in [0.3, 0.4) is 0 Å². The Bertz CT molecular complexity index is 1400. The summed E-state index contributed by atoms with van der Waals surface area (Å²) in [5, 5.41) is 10.2. The van der Waals surface area contributed by atoms with Crippen LogP contribution < -0.4 is 5.56 Å². The summed E-state index contributed by atoms with van der Waals surface area (Å²) in [4.78, 5) is 22.0. The monoisotopic (exact) mass is 449 g/mol. The number of nitrogens with zero attached hydrogens (tertiary/aromatic N) is 4. The SMILES string of the molecule is Cc1sc2nc(CSc3nnc(-c4ccccc4)n3Cc3ccco3)[nH]c(=O)c2c1C. The summed E-state index contributed by atoms with van der Waals surface area (Å²) in [6.45, 7) is 4.48. The second-order valence-corrected chi connectivity index (χ2v) is 9.25. The number of nitrogens with one attached hydrogen (secondary N) is 1. The first-order valence-electron chi connectivity index (χ1n) is 9.73. The van der Waals surface area contributed by atoms with Crippen LogP contribution in [0, 0.1) is 13.8 Å². The molecule has 156 valence electrons. The average molecular weight is 450 g/mol. The minimum absolute atomic E-state index is 0.0931. The maximum Gasteiger partial charge on any atom is 0.259 e. The number of furan rings is 1. The maximum absolute atomic E-state index is 12.6. The molecule has 0 atom stereocenters. The fourth-order valence-electron chi connectivity index (χ4n) is 3.40. The van der Waals surface area contributed by atoms with Gasteiger partial charge in [-0.1, -0.05) is 42.1 Å². The Kier molecular flexibility index (Phi) is 5.21. The number of rotatable bonds is 6. The summed E-state index contributed by atoms with van der Waals surface area (Å²) in [5.41, 5.74) is 1.88. The number of aromatic nitrogens is 5. The molecule has 0 aliphatic carbocycles. The number of thioether (sulfide) groups is 1. The van der Waals surface area contributed by atoms with Gasteiger partial charge in [-0.3, -0.25) is 9.36 Å². The van der Waals surface area contributed by atoms with E-state index in [0.29, 0.717) is 23.5 Å². The summed E-state index contributed by atoms with van der Waals surface area (Å²) in [7, 11) is 0. The molecule has 9 heteroatoms. The fourth-order valence-corrected chi connectivity index (χ4v) is 5.25. The molecule has 1 aromatic carbocycles. The fraction of sp³-hybridized carbons (Fsp3) is 0.182. The molecule has 4 heterocycles. The third-order valence-electron chi connectivity index (χ3n) is 5.07. The van der Waals surface area contributed by atoms with E-state index in [1.165, 1.54) is 11.8 Å². The van der Waals surface area contributed by atoms with Crippen molar-refractivity contribution >= 4 is 33.3 Å². The van der Waals surface area contributed by atoms with Crippen LogP contribution in [0.1, 0.15) is 22.0 Å². The molecule has 4 aromatic heterocycles. The summed E-state index contributed by atoms with van der Waals surface area (Å²) < 4.78 is 7.57. The molecule has 0 amide bonds. The quantitative estimate of drug-likeness (QED) is 0.375. The Hall–Kier alpha value is -3.17. The molecule has 0 bridgehead atoms. The zero-order chi connectivity index (χ0) is 21.4. The maximum atomic E-state index is 12.6. The van der Waals surface area contributed by atoms with Gasteiger partial charge in [-0.15, -0.1) is 21.5 Å². The van der Waals surface area contributed by atoms with Crippen LogP contribution in [-0.4, -0.2) is 24.7 Å². The first-order valence-corrected chi connectivity index (χ1v) is 11.5. The van der Waals surface area contributed by atoms with Gasteiger partial charge < -0.3 is 9.40 Å². The molecule has 5 aromatic rings. The molecule has 0 radical (unpaired) electrons. The minimum Gasteiger partial charge on any atom is -0.467 e. The lowest BCUT2D eigenvalue weighted by molar-refractivity contribution is 0.485. The number of thiophene rings is 1. The zero-order valence-electron chi connectivity index (χ0n) is 17.0. The van der Waals surface area contributed by atoms with E-state index in [1.807, 2.05) is 60.9 Å². The van der Waals surface area contributed by atoms with E-state index in [4.69, 9.17) is 4.42 Å². The predicted octanol–water partition coefficient (Wildman–Crippen LogP) is 4.79. The van der Waals surface area contributed by atoms with Crippen molar-refractivity contribution in [2.24, 2.45) is 0 Å². The van der Waals surface area contributed by atoms with Crippen molar-refractivity contribution in [3.63, 3.8) is 0 Å². The molecule has 7 nitrogen and oxygen atoms in total. The van der Waals surface area contributed by atoms with Gasteiger partial charge in [0.1, 0.15) is 16.4 Å². The van der Waals surface area contributed by atoms with Crippen LogP contribution in [-0.2, 0) is 12.3 Å². The summed E-state index contributed by atoms with van der Waals surface area (Å²) in [6, 6.07) is 13.7. The number of aryl methyl sites for hydroxylation is 2. The van der Waals surface area contributed by atoms with Gasteiger partial charge in [-0.2, -0.15) is 0 Å². The van der Waals surface area contributed by atoms with Crippen molar-refractivity contribution < 1.29 is 4.42 Å². The summed E-state index contributed by atoms with van der Waals surface area (Å²) >= 11 is 3.04.